The topological polar surface area (TPSA) is 84.4 Å². The van der Waals surface area contributed by atoms with Crippen LogP contribution in [0, 0.1) is 0 Å². The summed E-state index contributed by atoms with van der Waals surface area (Å²) in [5.74, 6) is -0.479. The highest BCUT2D eigenvalue weighted by Gasteiger charge is 2.17. The van der Waals surface area contributed by atoms with Crippen molar-refractivity contribution in [1.29, 1.82) is 0 Å². The van der Waals surface area contributed by atoms with Gasteiger partial charge in [-0.2, -0.15) is 0 Å². The van der Waals surface area contributed by atoms with Crippen LogP contribution in [-0.2, 0) is 0 Å². The highest BCUT2D eigenvalue weighted by molar-refractivity contribution is 5.99. The van der Waals surface area contributed by atoms with Gasteiger partial charge < -0.3 is 21.7 Å². The fourth-order valence-corrected chi connectivity index (χ4v) is 2.12. The van der Waals surface area contributed by atoms with Crippen molar-refractivity contribution in [2.75, 3.05) is 30.3 Å². The summed E-state index contributed by atoms with van der Waals surface area (Å²) in [6, 6.07) is 5.89. The molecule has 1 aliphatic rings. The number of anilines is 2. The van der Waals surface area contributed by atoms with Crippen molar-refractivity contribution in [3.63, 3.8) is 0 Å². The van der Waals surface area contributed by atoms with Crippen LogP contribution in [0.5, 0.6) is 0 Å². The SMILES string of the molecule is C[C@@H]1CN(c2ccc(N)c(C(N)=O)c2)CCN1. The van der Waals surface area contributed by atoms with Gasteiger partial charge in [0.2, 0.25) is 0 Å². The summed E-state index contributed by atoms with van der Waals surface area (Å²) >= 11 is 0. The molecule has 92 valence electrons. The summed E-state index contributed by atoms with van der Waals surface area (Å²) in [5.41, 5.74) is 12.8. The van der Waals surface area contributed by atoms with Crippen LogP contribution in [0.4, 0.5) is 11.4 Å². The second kappa shape index (κ2) is 4.63. The quantitative estimate of drug-likeness (QED) is 0.637. The number of carbonyl (C=O) groups is 1. The Balaban J connectivity index is 2.26. The number of benzene rings is 1. The molecule has 5 nitrogen and oxygen atoms in total. The number of nitrogens with two attached hydrogens (primary N) is 2. The largest absolute Gasteiger partial charge is 0.398 e. The first kappa shape index (κ1) is 11.7. The minimum Gasteiger partial charge on any atom is -0.398 e. The van der Waals surface area contributed by atoms with E-state index in [2.05, 4.69) is 17.1 Å². The Bertz CT molecular complexity index is 433. The number of primary amides is 1. The summed E-state index contributed by atoms with van der Waals surface area (Å²) < 4.78 is 0. The molecule has 0 aromatic heterocycles. The van der Waals surface area contributed by atoms with E-state index in [9.17, 15) is 4.79 Å². The molecule has 0 bridgehead atoms. The van der Waals surface area contributed by atoms with Crippen molar-refractivity contribution in [2.45, 2.75) is 13.0 Å². The predicted molar refractivity (Wildman–Crippen MR) is 69.1 cm³/mol. The molecule has 17 heavy (non-hydrogen) atoms. The summed E-state index contributed by atoms with van der Waals surface area (Å²) in [5, 5.41) is 3.37. The van der Waals surface area contributed by atoms with E-state index in [0.717, 1.165) is 25.3 Å². The number of amides is 1. The molecule has 1 atom stereocenters. The van der Waals surface area contributed by atoms with Crippen LogP contribution in [0.2, 0.25) is 0 Å². The summed E-state index contributed by atoms with van der Waals surface area (Å²) in [7, 11) is 0. The Morgan fingerprint density at radius 1 is 1.53 bits per heavy atom. The van der Waals surface area contributed by atoms with Crippen LogP contribution in [-0.4, -0.2) is 31.6 Å². The fraction of sp³-hybridized carbons (Fsp3) is 0.417. The van der Waals surface area contributed by atoms with Gasteiger partial charge in [0, 0.05) is 37.1 Å². The summed E-state index contributed by atoms with van der Waals surface area (Å²) in [6.07, 6.45) is 0. The molecule has 0 unspecified atom stereocenters. The zero-order valence-electron chi connectivity index (χ0n) is 9.94. The fourth-order valence-electron chi connectivity index (χ4n) is 2.12. The third-order valence-corrected chi connectivity index (χ3v) is 3.04. The van der Waals surface area contributed by atoms with Gasteiger partial charge in [-0.1, -0.05) is 0 Å². The van der Waals surface area contributed by atoms with E-state index in [0.29, 0.717) is 17.3 Å². The second-order valence-electron chi connectivity index (χ2n) is 4.44. The number of hydrogen-bond acceptors (Lipinski definition) is 4. The molecule has 0 saturated carbocycles. The molecule has 5 N–H and O–H groups in total. The van der Waals surface area contributed by atoms with Crippen LogP contribution < -0.4 is 21.7 Å². The standard InChI is InChI=1S/C12H18N4O/c1-8-7-16(5-4-15-8)9-2-3-11(13)10(6-9)12(14)17/h2-3,6,8,15H,4-5,7,13H2,1H3,(H2,14,17)/t8-/m1/s1. The lowest BCUT2D eigenvalue weighted by atomic mass is 10.1. The van der Waals surface area contributed by atoms with Crippen LogP contribution in [0.25, 0.3) is 0 Å². The van der Waals surface area contributed by atoms with Gasteiger partial charge >= 0.3 is 0 Å². The number of nitrogen functional groups attached to an aromatic ring is 1. The van der Waals surface area contributed by atoms with Gasteiger partial charge in [0.25, 0.3) is 5.91 Å². The normalized spacial score (nSPS) is 20.3. The molecule has 1 aliphatic heterocycles. The molecular weight excluding hydrogens is 216 g/mol. The lowest BCUT2D eigenvalue weighted by Gasteiger charge is -2.33. The number of rotatable bonds is 2. The molecule has 1 amide bonds. The Morgan fingerprint density at radius 2 is 2.29 bits per heavy atom. The number of carbonyl (C=O) groups excluding carboxylic acids is 1. The molecule has 0 spiro atoms. The van der Waals surface area contributed by atoms with Crippen molar-refractivity contribution in [3.8, 4) is 0 Å². The highest BCUT2D eigenvalue weighted by atomic mass is 16.1. The van der Waals surface area contributed by atoms with E-state index in [1.165, 1.54) is 0 Å². The third-order valence-electron chi connectivity index (χ3n) is 3.04. The van der Waals surface area contributed by atoms with Crippen LogP contribution in [0.15, 0.2) is 18.2 Å². The zero-order chi connectivity index (χ0) is 12.4. The lowest BCUT2D eigenvalue weighted by molar-refractivity contribution is 0.100. The van der Waals surface area contributed by atoms with Gasteiger partial charge in [-0.05, 0) is 25.1 Å². The van der Waals surface area contributed by atoms with Gasteiger partial charge in [0.05, 0.1) is 5.56 Å². The van der Waals surface area contributed by atoms with Gasteiger partial charge in [0.1, 0.15) is 0 Å². The number of nitrogens with zero attached hydrogens (tertiary/aromatic N) is 1. The Hall–Kier alpha value is -1.75. The Morgan fingerprint density at radius 3 is 2.94 bits per heavy atom. The van der Waals surface area contributed by atoms with Gasteiger partial charge in [-0.25, -0.2) is 0 Å². The molecule has 1 heterocycles. The maximum Gasteiger partial charge on any atom is 0.250 e. The maximum atomic E-state index is 11.2. The van der Waals surface area contributed by atoms with E-state index in [4.69, 9.17) is 11.5 Å². The first-order chi connectivity index (χ1) is 8.08. The zero-order valence-corrected chi connectivity index (χ0v) is 9.94. The van der Waals surface area contributed by atoms with Crippen molar-refractivity contribution >= 4 is 17.3 Å². The third kappa shape index (κ3) is 2.50. The van der Waals surface area contributed by atoms with Gasteiger partial charge in [-0.15, -0.1) is 0 Å². The lowest BCUT2D eigenvalue weighted by Crippen LogP contribution is -2.49. The maximum absolute atomic E-state index is 11.2. The van der Waals surface area contributed by atoms with Gasteiger partial charge in [0.15, 0.2) is 0 Å². The highest BCUT2D eigenvalue weighted by Crippen LogP contribution is 2.22. The summed E-state index contributed by atoms with van der Waals surface area (Å²) in [6.45, 7) is 4.92. The minimum atomic E-state index is -0.479. The molecular formula is C12H18N4O. The molecule has 1 aromatic rings. The smallest absolute Gasteiger partial charge is 0.250 e. The Labute approximate surface area is 101 Å². The van der Waals surface area contributed by atoms with Crippen molar-refractivity contribution in [3.05, 3.63) is 23.8 Å². The first-order valence-corrected chi connectivity index (χ1v) is 5.75. The van der Waals surface area contributed by atoms with E-state index < -0.39 is 5.91 Å². The monoisotopic (exact) mass is 234 g/mol. The molecule has 5 heteroatoms. The number of nitrogens with one attached hydrogen (secondary N) is 1. The first-order valence-electron chi connectivity index (χ1n) is 5.75. The Kier molecular flexibility index (Phi) is 3.19. The molecule has 0 aliphatic carbocycles. The molecule has 1 saturated heterocycles. The number of hydrogen-bond donors (Lipinski definition) is 3. The van der Waals surface area contributed by atoms with Crippen LogP contribution >= 0.6 is 0 Å². The van der Waals surface area contributed by atoms with Gasteiger partial charge in [-0.3, -0.25) is 4.79 Å². The van der Waals surface area contributed by atoms with E-state index in [1.807, 2.05) is 6.07 Å². The molecule has 1 fully saturated rings. The van der Waals surface area contributed by atoms with Crippen LogP contribution in [0.1, 0.15) is 17.3 Å². The second-order valence-corrected chi connectivity index (χ2v) is 4.44. The predicted octanol–water partition coefficient (Wildman–Crippen LogP) is 0.166. The average Bonchev–Trinajstić information content (AvgIpc) is 2.29. The minimum absolute atomic E-state index is 0.397. The van der Waals surface area contributed by atoms with Crippen molar-refractivity contribution in [2.24, 2.45) is 5.73 Å². The molecule has 2 rings (SSSR count). The van der Waals surface area contributed by atoms with Crippen molar-refractivity contribution in [1.82, 2.24) is 5.32 Å². The van der Waals surface area contributed by atoms with Crippen molar-refractivity contribution < 1.29 is 4.79 Å². The van der Waals surface area contributed by atoms with E-state index >= 15 is 0 Å². The number of piperazine rings is 1. The van der Waals surface area contributed by atoms with E-state index in [-0.39, 0.29) is 0 Å². The molecule has 1 aromatic carbocycles. The summed E-state index contributed by atoms with van der Waals surface area (Å²) in [4.78, 5) is 13.5. The molecule has 0 radical (unpaired) electrons. The van der Waals surface area contributed by atoms with Crippen LogP contribution in [0.3, 0.4) is 0 Å². The van der Waals surface area contributed by atoms with E-state index in [1.54, 1.807) is 12.1 Å². The average molecular weight is 234 g/mol.